The lowest BCUT2D eigenvalue weighted by Crippen LogP contribution is -2.31. The molecule has 0 aromatic carbocycles. The van der Waals surface area contributed by atoms with E-state index >= 15 is 0 Å². The SMILES string of the molecule is CC1CCC(CNC(=O)c2ccc(Br)cn2)CC1. The monoisotopic (exact) mass is 310 g/mol. The van der Waals surface area contributed by atoms with Crippen LogP contribution in [0.5, 0.6) is 0 Å². The van der Waals surface area contributed by atoms with Crippen molar-refractivity contribution < 1.29 is 4.79 Å². The van der Waals surface area contributed by atoms with Crippen LogP contribution in [0.4, 0.5) is 0 Å². The van der Waals surface area contributed by atoms with Gasteiger partial charge in [0.1, 0.15) is 5.69 Å². The maximum Gasteiger partial charge on any atom is 0.269 e. The Hall–Kier alpha value is -0.900. The summed E-state index contributed by atoms with van der Waals surface area (Å²) in [6.45, 7) is 3.09. The topological polar surface area (TPSA) is 42.0 Å². The summed E-state index contributed by atoms with van der Waals surface area (Å²) < 4.78 is 0.889. The highest BCUT2D eigenvalue weighted by Crippen LogP contribution is 2.27. The molecule has 1 aromatic rings. The highest BCUT2D eigenvalue weighted by Gasteiger charge is 2.19. The number of nitrogens with one attached hydrogen (secondary N) is 1. The Morgan fingerprint density at radius 3 is 2.72 bits per heavy atom. The smallest absolute Gasteiger partial charge is 0.269 e. The lowest BCUT2D eigenvalue weighted by atomic mass is 9.83. The third kappa shape index (κ3) is 3.80. The number of amides is 1. The Balaban J connectivity index is 1.79. The van der Waals surface area contributed by atoms with Crippen LogP contribution < -0.4 is 5.32 Å². The van der Waals surface area contributed by atoms with Gasteiger partial charge in [-0.1, -0.05) is 19.8 Å². The minimum atomic E-state index is -0.0684. The Bertz CT molecular complexity index is 397. The van der Waals surface area contributed by atoms with Crippen LogP contribution in [0, 0.1) is 11.8 Å². The van der Waals surface area contributed by atoms with E-state index < -0.39 is 0 Å². The van der Waals surface area contributed by atoms with Crippen LogP contribution in [0.3, 0.4) is 0 Å². The molecule has 0 radical (unpaired) electrons. The molecule has 1 aromatic heterocycles. The second-order valence-electron chi connectivity index (χ2n) is 5.20. The number of aromatic nitrogens is 1. The van der Waals surface area contributed by atoms with Crippen molar-refractivity contribution in [3.05, 3.63) is 28.5 Å². The van der Waals surface area contributed by atoms with Crippen LogP contribution in [0.1, 0.15) is 43.1 Å². The molecule has 0 saturated heterocycles. The zero-order chi connectivity index (χ0) is 13.0. The molecule has 1 heterocycles. The molecule has 1 fully saturated rings. The molecule has 0 spiro atoms. The molecule has 1 amide bonds. The Morgan fingerprint density at radius 1 is 1.39 bits per heavy atom. The van der Waals surface area contributed by atoms with Crippen molar-refractivity contribution in [2.24, 2.45) is 11.8 Å². The van der Waals surface area contributed by atoms with Gasteiger partial charge in [-0.2, -0.15) is 0 Å². The number of hydrogen-bond acceptors (Lipinski definition) is 2. The van der Waals surface area contributed by atoms with Crippen LogP contribution in [-0.2, 0) is 0 Å². The normalized spacial score (nSPS) is 23.7. The zero-order valence-corrected chi connectivity index (χ0v) is 12.2. The minimum absolute atomic E-state index is 0.0684. The van der Waals surface area contributed by atoms with Crippen molar-refractivity contribution in [1.82, 2.24) is 10.3 Å². The summed E-state index contributed by atoms with van der Waals surface area (Å²) in [4.78, 5) is 16.0. The molecule has 1 aliphatic carbocycles. The van der Waals surface area contributed by atoms with Crippen molar-refractivity contribution in [3.8, 4) is 0 Å². The Morgan fingerprint density at radius 2 is 2.11 bits per heavy atom. The minimum Gasteiger partial charge on any atom is -0.350 e. The second kappa shape index (κ2) is 6.32. The lowest BCUT2D eigenvalue weighted by Gasteiger charge is -2.26. The largest absolute Gasteiger partial charge is 0.350 e. The van der Waals surface area contributed by atoms with Gasteiger partial charge in [-0.05, 0) is 52.7 Å². The Kier molecular flexibility index (Phi) is 4.75. The van der Waals surface area contributed by atoms with E-state index in [1.54, 1.807) is 12.3 Å². The zero-order valence-electron chi connectivity index (χ0n) is 10.7. The van der Waals surface area contributed by atoms with Gasteiger partial charge in [-0.15, -0.1) is 0 Å². The molecule has 3 nitrogen and oxygen atoms in total. The quantitative estimate of drug-likeness (QED) is 0.929. The van der Waals surface area contributed by atoms with Gasteiger partial charge >= 0.3 is 0 Å². The van der Waals surface area contributed by atoms with Crippen molar-refractivity contribution in [1.29, 1.82) is 0 Å². The molecule has 1 saturated carbocycles. The van der Waals surface area contributed by atoms with Crippen LogP contribution in [0.25, 0.3) is 0 Å². The molecule has 1 aliphatic rings. The third-order valence-corrected chi connectivity index (χ3v) is 4.12. The summed E-state index contributed by atoms with van der Waals surface area (Å²) in [5, 5.41) is 2.99. The van der Waals surface area contributed by atoms with Crippen molar-refractivity contribution in [2.75, 3.05) is 6.54 Å². The predicted octanol–water partition coefficient (Wildman–Crippen LogP) is 3.40. The van der Waals surface area contributed by atoms with Gasteiger partial charge in [-0.3, -0.25) is 4.79 Å². The molecular formula is C14H19BrN2O. The number of pyridine rings is 1. The van der Waals surface area contributed by atoms with Crippen molar-refractivity contribution >= 4 is 21.8 Å². The number of rotatable bonds is 3. The third-order valence-electron chi connectivity index (χ3n) is 3.65. The van der Waals surface area contributed by atoms with Gasteiger partial charge in [0, 0.05) is 17.2 Å². The average molecular weight is 311 g/mol. The predicted molar refractivity (Wildman–Crippen MR) is 75.4 cm³/mol. The molecule has 4 heteroatoms. The standard InChI is InChI=1S/C14H19BrN2O/c1-10-2-4-11(5-3-10)8-17-14(18)13-7-6-12(15)9-16-13/h6-7,9-11H,2-5,8H2,1H3,(H,17,18). The van der Waals surface area contributed by atoms with E-state index in [0.717, 1.165) is 16.9 Å². The highest BCUT2D eigenvalue weighted by atomic mass is 79.9. The van der Waals surface area contributed by atoms with Gasteiger partial charge in [0.25, 0.3) is 5.91 Å². The van der Waals surface area contributed by atoms with E-state index in [4.69, 9.17) is 0 Å². The molecule has 0 atom stereocenters. The maximum atomic E-state index is 11.9. The molecule has 98 valence electrons. The first-order valence-corrected chi connectivity index (χ1v) is 7.34. The summed E-state index contributed by atoms with van der Waals surface area (Å²) in [6, 6.07) is 3.58. The van der Waals surface area contributed by atoms with Crippen molar-refractivity contribution in [2.45, 2.75) is 32.6 Å². The van der Waals surface area contributed by atoms with Crippen molar-refractivity contribution in [3.63, 3.8) is 0 Å². The van der Waals surface area contributed by atoms with E-state index in [0.29, 0.717) is 11.6 Å². The fraction of sp³-hybridized carbons (Fsp3) is 0.571. The summed E-state index contributed by atoms with van der Waals surface area (Å²) in [7, 11) is 0. The summed E-state index contributed by atoms with van der Waals surface area (Å²) >= 11 is 3.31. The van der Waals surface area contributed by atoms with Crippen LogP contribution >= 0.6 is 15.9 Å². The van der Waals surface area contributed by atoms with E-state index in [-0.39, 0.29) is 5.91 Å². The van der Waals surface area contributed by atoms with Gasteiger partial charge in [0.2, 0.25) is 0 Å². The fourth-order valence-electron chi connectivity index (χ4n) is 2.37. The summed E-state index contributed by atoms with van der Waals surface area (Å²) in [5.74, 6) is 1.42. The molecule has 0 aliphatic heterocycles. The van der Waals surface area contributed by atoms with E-state index in [2.05, 4.69) is 33.2 Å². The summed E-state index contributed by atoms with van der Waals surface area (Å²) in [6.07, 6.45) is 6.69. The first-order valence-electron chi connectivity index (χ1n) is 6.55. The van der Waals surface area contributed by atoms with Crippen LogP contribution in [0.15, 0.2) is 22.8 Å². The summed E-state index contributed by atoms with van der Waals surface area (Å²) in [5.41, 5.74) is 0.488. The van der Waals surface area contributed by atoms with Crippen LogP contribution in [0.2, 0.25) is 0 Å². The average Bonchev–Trinajstić information content (AvgIpc) is 2.38. The first kappa shape index (κ1) is 13.5. The van der Waals surface area contributed by atoms with Gasteiger partial charge in [-0.25, -0.2) is 4.98 Å². The number of carbonyl (C=O) groups is 1. The van der Waals surface area contributed by atoms with Gasteiger partial charge in [0.15, 0.2) is 0 Å². The molecule has 18 heavy (non-hydrogen) atoms. The number of carbonyl (C=O) groups excluding carboxylic acids is 1. The molecule has 0 unspecified atom stereocenters. The van der Waals surface area contributed by atoms with Gasteiger partial charge < -0.3 is 5.32 Å². The fourth-order valence-corrected chi connectivity index (χ4v) is 2.61. The lowest BCUT2D eigenvalue weighted by molar-refractivity contribution is 0.0937. The van der Waals surface area contributed by atoms with E-state index in [1.807, 2.05) is 6.07 Å². The molecular weight excluding hydrogens is 292 g/mol. The number of nitrogens with zero attached hydrogens (tertiary/aromatic N) is 1. The van der Waals surface area contributed by atoms with Gasteiger partial charge in [0.05, 0.1) is 0 Å². The highest BCUT2D eigenvalue weighted by molar-refractivity contribution is 9.10. The number of hydrogen-bond donors (Lipinski definition) is 1. The van der Waals surface area contributed by atoms with E-state index in [9.17, 15) is 4.79 Å². The molecule has 2 rings (SSSR count). The first-order chi connectivity index (χ1) is 8.65. The van der Waals surface area contributed by atoms with E-state index in [1.165, 1.54) is 25.7 Å². The Labute approximate surface area is 117 Å². The number of halogens is 1. The molecule has 0 bridgehead atoms. The second-order valence-corrected chi connectivity index (χ2v) is 6.11. The van der Waals surface area contributed by atoms with Crippen LogP contribution in [-0.4, -0.2) is 17.4 Å². The molecule has 1 N–H and O–H groups in total. The maximum absolute atomic E-state index is 11.9.